The summed E-state index contributed by atoms with van der Waals surface area (Å²) in [5.74, 6) is 1.05. The summed E-state index contributed by atoms with van der Waals surface area (Å²) in [6, 6.07) is 0. The average Bonchev–Trinajstić information content (AvgIpc) is 3.01. The zero-order valence-electron chi connectivity index (χ0n) is 18.0. The maximum absolute atomic E-state index is 13.2. The molecule has 0 aromatic heterocycles. The minimum Gasteiger partial charge on any atom is -0.481 e. The van der Waals surface area contributed by atoms with Gasteiger partial charge in [0.2, 0.25) is 5.91 Å². The number of carbonyl (C=O) groups excluding carboxylic acids is 2. The number of fused-ring (bicyclic) bond motifs is 3. The Bertz CT molecular complexity index is 643. The quantitative estimate of drug-likeness (QED) is 0.738. The lowest BCUT2D eigenvalue weighted by Gasteiger charge is -2.55. The highest BCUT2D eigenvalue weighted by molar-refractivity contribution is 5.86. The monoisotopic (exact) mass is 391 g/mol. The number of hydrogen-bond donors (Lipinski definition) is 1. The van der Waals surface area contributed by atoms with Crippen LogP contribution in [-0.2, 0) is 14.4 Å². The Morgan fingerprint density at radius 1 is 1.07 bits per heavy atom. The molecule has 5 heteroatoms. The summed E-state index contributed by atoms with van der Waals surface area (Å²) in [5.41, 5.74) is -0.488. The summed E-state index contributed by atoms with van der Waals surface area (Å²) >= 11 is 0. The van der Waals surface area contributed by atoms with Gasteiger partial charge in [0, 0.05) is 37.3 Å². The van der Waals surface area contributed by atoms with Crippen LogP contribution in [0.5, 0.6) is 0 Å². The number of hydrogen-bond acceptors (Lipinski definition) is 3. The Kier molecular flexibility index (Phi) is 5.94. The van der Waals surface area contributed by atoms with Crippen LogP contribution in [0.15, 0.2) is 0 Å². The molecule has 3 saturated carbocycles. The fourth-order valence-electron chi connectivity index (χ4n) is 7.12. The molecule has 0 spiro atoms. The van der Waals surface area contributed by atoms with E-state index in [2.05, 4.69) is 6.92 Å². The fourth-order valence-corrected chi connectivity index (χ4v) is 7.12. The molecular weight excluding hydrogens is 354 g/mol. The highest BCUT2D eigenvalue weighted by atomic mass is 16.4. The summed E-state index contributed by atoms with van der Waals surface area (Å²) in [7, 11) is 0. The minimum atomic E-state index is -0.817. The molecule has 0 aliphatic heterocycles. The van der Waals surface area contributed by atoms with Crippen LogP contribution >= 0.6 is 0 Å². The van der Waals surface area contributed by atoms with E-state index in [9.17, 15) is 19.5 Å². The predicted molar refractivity (Wildman–Crippen MR) is 108 cm³/mol. The molecule has 28 heavy (non-hydrogen) atoms. The molecular formula is C23H37NO4. The Hall–Kier alpha value is -1.39. The molecule has 0 aromatic rings. The Labute approximate surface area is 169 Å². The van der Waals surface area contributed by atoms with Crippen LogP contribution in [0.2, 0.25) is 0 Å². The summed E-state index contributed by atoms with van der Waals surface area (Å²) in [6.45, 7) is 9.96. The van der Waals surface area contributed by atoms with Crippen molar-refractivity contribution in [3.63, 3.8) is 0 Å². The van der Waals surface area contributed by atoms with E-state index in [1.807, 2.05) is 25.7 Å². The van der Waals surface area contributed by atoms with Gasteiger partial charge in [0.25, 0.3) is 0 Å². The van der Waals surface area contributed by atoms with Crippen molar-refractivity contribution in [3.8, 4) is 0 Å². The third-order valence-electron chi connectivity index (χ3n) is 8.83. The van der Waals surface area contributed by atoms with Crippen LogP contribution in [-0.4, -0.2) is 40.8 Å². The summed E-state index contributed by atoms with van der Waals surface area (Å²) in [5, 5.41) is 9.17. The van der Waals surface area contributed by atoms with Crippen molar-refractivity contribution in [2.45, 2.75) is 79.1 Å². The number of carboxylic acid groups (broad SMARTS) is 1. The molecule has 158 valence electrons. The van der Waals surface area contributed by atoms with Gasteiger partial charge in [-0.05, 0) is 75.5 Å². The zero-order chi connectivity index (χ0) is 20.7. The van der Waals surface area contributed by atoms with Gasteiger partial charge >= 0.3 is 5.97 Å². The van der Waals surface area contributed by atoms with Crippen molar-refractivity contribution < 1.29 is 19.5 Å². The predicted octanol–water partition coefficient (Wildman–Crippen LogP) is 4.15. The second-order valence-corrected chi connectivity index (χ2v) is 9.83. The van der Waals surface area contributed by atoms with Gasteiger partial charge in [-0.2, -0.15) is 0 Å². The number of nitrogens with zero attached hydrogens (tertiary/aromatic N) is 1. The molecule has 1 N–H and O–H groups in total. The molecule has 0 bridgehead atoms. The normalized spacial score (nSPS) is 39.9. The van der Waals surface area contributed by atoms with Gasteiger partial charge in [-0.3, -0.25) is 14.4 Å². The van der Waals surface area contributed by atoms with E-state index in [-0.39, 0.29) is 29.5 Å². The van der Waals surface area contributed by atoms with Crippen molar-refractivity contribution in [2.75, 3.05) is 13.1 Å². The zero-order valence-corrected chi connectivity index (χ0v) is 18.0. The first-order valence-corrected chi connectivity index (χ1v) is 11.2. The number of Topliss-reactive ketones (excluding diaryl/α,β-unsaturated/α-hetero) is 1. The molecule has 0 saturated heterocycles. The highest BCUT2D eigenvalue weighted by Gasteiger charge is 2.60. The van der Waals surface area contributed by atoms with Crippen molar-refractivity contribution in [1.82, 2.24) is 4.90 Å². The number of carbonyl (C=O) groups is 3. The van der Waals surface area contributed by atoms with Gasteiger partial charge in [-0.25, -0.2) is 0 Å². The Morgan fingerprint density at radius 3 is 2.36 bits per heavy atom. The fraction of sp³-hybridized carbons (Fsp3) is 0.870. The van der Waals surface area contributed by atoms with Gasteiger partial charge in [0.1, 0.15) is 5.78 Å². The first-order valence-electron chi connectivity index (χ1n) is 11.2. The van der Waals surface area contributed by atoms with Crippen molar-refractivity contribution >= 4 is 17.7 Å². The van der Waals surface area contributed by atoms with Gasteiger partial charge in [-0.15, -0.1) is 0 Å². The number of carboxylic acids is 1. The summed E-state index contributed by atoms with van der Waals surface area (Å²) < 4.78 is 0. The van der Waals surface area contributed by atoms with E-state index in [0.717, 1.165) is 45.2 Å². The van der Waals surface area contributed by atoms with E-state index in [4.69, 9.17) is 0 Å². The van der Waals surface area contributed by atoms with Crippen molar-refractivity contribution in [2.24, 2.45) is 34.5 Å². The third kappa shape index (κ3) is 3.29. The van der Waals surface area contributed by atoms with Crippen LogP contribution in [0, 0.1) is 34.5 Å². The van der Waals surface area contributed by atoms with Crippen LogP contribution in [0.4, 0.5) is 0 Å². The van der Waals surface area contributed by atoms with Crippen molar-refractivity contribution in [1.29, 1.82) is 0 Å². The lowest BCUT2D eigenvalue weighted by atomic mass is 9.48. The van der Waals surface area contributed by atoms with E-state index < -0.39 is 11.4 Å². The molecule has 1 amide bonds. The van der Waals surface area contributed by atoms with Gasteiger partial charge < -0.3 is 10.0 Å². The lowest BCUT2D eigenvalue weighted by Crippen LogP contribution is -2.53. The van der Waals surface area contributed by atoms with Crippen LogP contribution < -0.4 is 0 Å². The summed E-state index contributed by atoms with van der Waals surface area (Å²) in [4.78, 5) is 39.2. The maximum Gasteiger partial charge on any atom is 0.303 e. The number of aliphatic carboxylic acids is 1. The SMILES string of the molecule is CCN(CC)C(=O)[C@H]1CC[C@H]2[C@H]3CCC(=O)[C@@](C)(CCC(=O)O)[C@@H]3CC[C@]12C. The second kappa shape index (κ2) is 7.79. The van der Waals surface area contributed by atoms with Crippen LogP contribution in [0.1, 0.15) is 79.1 Å². The first kappa shape index (κ1) is 21.3. The Morgan fingerprint density at radius 2 is 1.75 bits per heavy atom. The minimum absolute atomic E-state index is 0.0228. The topological polar surface area (TPSA) is 74.7 Å². The molecule has 3 rings (SSSR count). The number of rotatable bonds is 6. The lowest BCUT2D eigenvalue weighted by molar-refractivity contribution is -0.152. The maximum atomic E-state index is 13.2. The van der Waals surface area contributed by atoms with Gasteiger partial charge in [0.05, 0.1) is 0 Å². The molecule has 0 aromatic carbocycles. The number of amides is 1. The first-order chi connectivity index (χ1) is 13.2. The van der Waals surface area contributed by atoms with Crippen LogP contribution in [0.25, 0.3) is 0 Å². The van der Waals surface area contributed by atoms with Gasteiger partial charge in [0.15, 0.2) is 0 Å². The highest BCUT2D eigenvalue weighted by Crippen LogP contribution is 2.64. The standard InChI is InChI=1S/C23H37NO4/c1-5-24(6-2)21(28)18-9-8-16-15-7-10-19(25)23(4,14-12-20(26)27)17(15)11-13-22(16,18)3/h15-18H,5-14H2,1-4H3,(H,26,27)/t15-,16+,17-,18-,22+,23+/m1/s1. The molecule has 0 unspecified atom stereocenters. The molecule has 0 radical (unpaired) electrons. The molecule has 3 fully saturated rings. The molecule has 3 aliphatic rings. The largest absolute Gasteiger partial charge is 0.481 e. The smallest absolute Gasteiger partial charge is 0.303 e. The van der Waals surface area contributed by atoms with Crippen LogP contribution in [0.3, 0.4) is 0 Å². The van der Waals surface area contributed by atoms with Gasteiger partial charge in [-0.1, -0.05) is 13.8 Å². The van der Waals surface area contributed by atoms with E-state index in [1.165, 1.54) is 0 Å². The second-order valence-electron chi connectivity index (χ2n) is 9.83. The molecule has 6 atom stereocenters. The molecule has 0 heterocycles. The van der Waals surface area contributed by atoms with E-state index >= 15 is 0 Å². The number of ketones is 1. The van der Waals surface area contributed by atoms with Crippen molar-refractivity contribution in [3.05, 3.63) is 0 Å². The van der Waals surface area contributed by atoms with E-state index in [0.29, 0.717) is 30.6 Å². The summed E-state index contributed by atoms with van der Waals surface area (Å²) in [6.07, 6.45) is 5.95. The average molecular weight is 392 g/mol. The third-order valence-corrected chi connectivity index (χ3v) is 8.83. The Balaban J connectivity index is 1.84. The van der Waals surface area contributed by atoms with E-state index in [1.54, 1.807) is 0 Å². The molecule has 3 aliphatic carbocycles. The molecule has 5 nitrogen and oxygen atoms in total.